The van der Waals surface area contributed by atoms with Crippen molar-refractivity contribution in [3.05, 3.63) is 63.0 Å². The number of hydrogen-bond donors (Lipinski definition) is 1. The SMILES string of the molecule is Cc1cc(=O)c(CNCC(C)C)cn1-c1ccc(Cl)cc1. The Morgan fingerprint density at radius 3 is 2.52 bits per heavy atom. The molecule has 4 heteroatoms. The molecule has 1 aromatic heterocycles. The van der Waals surface area contributed by atoms with Crippen LogP contribution in [0.1, 0.15) is 25.1 Å². The van der Waals surface area contributed by atoms with Crippen molar-refractivity contribution >= 4 is 11.6 Å². The summed E-state index contributed by atoms with van der Waals surface area (Å²) in [5, 5.41) is 4.02. The summed E-state index contributed by atoms with van der Waals surface area (Å²) >= 11 is 5.92. The van der Waals surface area contributed by atoms with Crippen LogP contribution in [0.2, 0.25) is 5.02 Å². The molecule has 0 radical (unpaired) electrons. The Morgan fingerprint density at radius 1 is 1.24 bits per heavy atom. The van der Waals surface area contributed by atoms with Crippen LogP contribution in [-0.4, -0.2) is 11.1 Å². The molecule has 1 aromatic carbocycles. The van der Waals surface area contributed by atoms with Crippen LogP contribution in [0.4, 0.5) is 0 Å². The maximum Gasteiger partial charge on any atom is 0.186 e. The summed E-state index contributed by atoms with van der Waals surface area (Å²) < 4.78 is 2.02. The third kappa shape index (κ3) is 4.19. The smallest absolute Gasteiger partial charge is 0.186 e. The normalized spacial score (nSPS) is 11.1. The van der Waals surface area contributed by atoms with E-state index in [9.17, 15) is 4.79 Å². The standard InChI is InChI=1S/C17H21ClN2O/c1-12(2)9-19-10-14-11-20(13(3)8-17(14)21)16-6-4-15(18)5-7-16/h4-8,11-12,19H,9-10H2,1-3H3. The lowest BCUT2D eigenvalue weighted by Crippen LogP contribution is -2.24. The third-order valence-corrected chi connectivity index (χ3v) is 3.55. The van der Waals surface area contributed by atoms with E-state index in [4.69, 9.17) is 11.6 Å². The maximum atomic E-state index is 12.1. The quantitative estimate of drug-likeness (QED) is 0.916. The summed E-state index contributed by atoms with van der Waals surface area (Å²) in [6.07, 6.45) is 1.91. The van der Waals surface area contributed by atoms with Crippen LogP contribution in [0, 0.1) is 12.8 Å². The van der Waals surface area contributed by atoms with E-state index in [1.165, 1.54) is 0 Å². The predicted octanol–water partition coefficient (Wildman–Crippen LogP) is 3.54. The lowest BCUT2D eigenvalue weighted by Gasteiger charge is -2.14. The Labute approximate surface area is 130 Å². The largest absolute Gasteiger partial charge is 0.321 e. The molecule has 0 saturated carbocycles. The highest BCUT2D eigenvalue weighted by molar-refractivity contribution is 6.30. The molecule has 2 rings (SSSR count). The number of aryl methyl sites for hydroxylation is 1. The molecular formula is C17H21ClN2O. The van der Waals surface area contributed by atoms with E-state index in [0.29, 0.717) is 17.5 Å². The van der Waals surface area contributed by atoms with Crippen molar-refractivity contribution < 1.29 is 0 Å². The monoisotopic (exact) mass is 304 g/mol. The van der Waals surface area contributed by atoms with Gasteiger partial charge in [-0.05, 0) is 43.7 Å². The minimum atomic E-state index is 0.0777. The van der Waals surface area contributed by atoms with E-state index in [2.05, 4.69) is 19.2 Å². The number of benzene rings is 1. The Balaban J connectivity index is 2.30. The summed E-state index contributed by atoms with van der Waals surface area (Å²) in [6.45, 7) is 7.71. The highest BCUT2D eigenvalue weighted by atomic mass is 35.5. The molecule has 0 atom stereocenters. The van der Waals surface area contributed by atoms with Gasteiger partial charge in [-0.1, -0.05) is 25.4 Å². The van der Waals surface area contributed by atoms with E-state index >= 15 is 0 Å². The van der Waals surface area contributed by atoms with Gasteiger partial charge in [0.2, 0.25) is 0 Å². The number of halogens is 1. The van der Waals surface area contributed by atoms with Gasteiger partial charge in [0, 0.05) is 40.8 Å². The van der Waals surface area contributed by atoms with Crippen molar-refractivity contribution in [1.29, 1.82) is 0 Å². The summed E-state index contributed by atoms with van der Waals surface area (Å²) in [4.78, 5) is 12.1. The average Bonchev–Trinajstić information content (AvgIpc) is 2.42. The minimum Gasteiger partial charge on any atom is -0.321 e. The van der Waals surface area contributed by atoms with E-state index in [-0.39, 0.29) is 5.43 Å². The molecule has 112 valence electrons. The van der Waals surface area contributed by atoms with Gasteiger partial charge in [-0.15, -0.1) is 0 Å². The van der Waals surface area contributed by atoms with Crippen molar-refractivity contribution in [2.24, 2.45) is 5.92 Å². The van der Waals surface area contributed by atoms with Crippen LogP contribution in [0.15, 0.2) is 41.3 Å². The van der Waals surface area contributed by atoms with Gasteiger partial charge in [-0.25, -0.2) is 0 Å². The zero-order valence-electron chi connectivity index (χ0n) is 12.7. The Bertz CT molecular complexity index is 659. The van der Waals surface area contributed by atoms with Crippen molar-refractivity contribution in [3.63, 3.8) is 0 Å². The van der Waals surface area contributed by atoms with Gasteiger partial charge in [-0.3, -0.25) is 4.79 Å². The predicted molar refractivity (Wildman–Crippen MR) is 88.3 cm³/mol. The fourth-order valence-electron chi connectivity index (χ4n) is 2.18. The molecule has 0 fully saturated rings. The lowest BCUT2D eigenvalue weighted by molar-refractivity contribution is 0.550. The number of nitrogens with zero attached hydrogens (tertiary/aromatic N) is 1. The zero-order chi connectivity index (χ0) is 15.4. The highest BCUT2D eigenvalue weighted by Crippen LogP contribution is 2.15. The molecule has 1 heterocycles. The van der Waals surface area contributed by atoms with Crippen molar-refractivity contribution in [2.75, 3.05) is 6.54 Å². The van der Waals surface area contributed by atoms with Crippen LogP contribution in [0.25, 0.3) is 5.69 Å². The number of nitrogens with one attached hydrogen (secondary N) is 1. The summed E-state index contributed by atoms with van der Waals surface area (Å²) in [5.74, 6) is 0.564. The second-order valence-corrected chi connectivity index (χ2v) is 6.11. The van der Waals surface area contributed by atoms with Crippen molar-refractivity contribution in [3.8, 4) is 5.69 Å². The third-order valence-electron chi connectivity index (χ3n) is 3.29. The van der Waals surface area contributed by atoms with Gasteiger partial charge in [0.25, 0.3) is 0 Å². The second kappa shape index (κ2) is 6.92. The van der Waals surface area contributed by atoms with E-state index in [1.54, 1.807) is 6.07 Å². The Hall–Kier alpha value is -1.58. The number of hydrogen-bond acceptors (Lipinski definition) is 2. The molecule has 0 aliphatic heterocycles. The first-order chi connectivity index (χ1) is 9.97. The highest BCUT2D eigenvalue weighted by Gasteiger charge is 2.06. The Morgan fingerprint density at radius 2 is 1.90 bits per heavy atom. The fourth-order valence-corrected chi connectivity index (χ4v) is 2.31. The summed E-state index contributed by atoms with van der Waals surface area (Å²) in [7, 11) is 0. The van der Waals surface area contributed by atoms with Crippen LogP contribution in [0.3, 0.4) is 0 Å². The van der Waals surface area contributed by atoms with Crippen molar-refractivity contribution in [1.82, 2.24) is 9.88 Å². The molecule has 0 amide bonds. The van der Waals surface area contributed by atoms with Gasteiger partial charge in [-0.2, -0.15) is 0 Å². The van der Waals surface area contributed by atoms with Crippen molar-refractivity contribution in [2.45, 2.75) is 27.3 Å². The number of pyridine rings is 1. The number of aromatic nitrogens is 1. The lowest BCUT2D eigenvalue weighted by atomic mass is 10.2. The molecular weight excluding hydrogens is 284 g/mol. The average molecular weight is 305 g/mol. The zero-order valence-corrected chi connectivity index (χ0v) is 13.4. The van der Waals surface area contributed by atoms with Crippen LogP contribution in [-0.2, 0) is 6.54 Å². The van der Waals surface area contributed by atoms with Gasteiger partial charge >= 0.3 is 0 Å². The molecule has 0 saturated heterocycles. The van der Waals surface area contributed by atoms with Crippen LogP contribution in [0.5, 0.6) is 0 Å². The first kappa shape index (κ1) is 15.8. The molecule has 21 heavy (non-hydrogen) atoms. The fraction of sp³-hybridized carbons (Fsp3) is 0.353. The van der Waals surface area contributed by atoms with Gasteiger partial charge in [0.15, 0.2) is 5.43 Å². The summed E-state index contributed by atoms with van der Waals surface area (Å²) in [5.41, 5.74) is 2.77. The molecule has 1 N–H and O–H groups in total. The molecule has 0 spiro atoms. The molecule has 0 aliphatic rings. The molecule has 0 bridgehead atoms. The topological polar surface area (TPSA) is 34.0 Å². The summed E-state index contributed by atoms with van der Waals surface area (Å²) in [6, 6.07) is 9.29. The Kier molecular flexibility index (Phi) is 5.21. The first-order valence-corrected chi connectivity index (χ1v) is 7.54. The van der Waals surface area contributed by atoms with E-state index in [0.717, 1.165) is 23.5 Å². The number of rotatable bonds is 5. The minimum absolute atomic E-state index is 0.0777. The molecule has 2 aromatic rings. The molecule has 3 nitrogen and oxygen atoms in total. The molecule has 0 aliphatic carbocycles. The van der Waals surface area contributed by atoms with E-state index < -0.39 is 0 Å². The van der Waals surface area contributed by atoms with E-state index in [1.807, 2.05) is 42.0 Å². The van der Waals surface area contributed by atoms with Gasteiger partial charge in [0.1, 0.15) is 0 Å². The van der Waals surface area contributed by atoms with Crippen LogP contribution < -0.4 is 10.7 Å². The van der Waals surface area contributed by atoms with Gasteiger partial charge < -0.3 is 9.88 Å². The first-order valence-electron chi connectivity index (χ1n) is 7.16. The van der Waals surface area contributed by atoms with Gasteiger partial charge in [0.05, 0.1) is 0 Å². The molecule has 0 unspecified atom stereocenters. The maximum absolute atomic E-state index is 12.1. The van der Waals surface area contributed by atoms with Crippen LogP contribution >= 0.6 is 11.6 Å². The second-order valence-electron chi connectivity index (χ2n) is 5.68.